The maximum atomic E-state index is 12.8. The summed E-state index contributed by atoms with van der Waals surface area (Å²) in [6, 6.07) is 10.5. The maximum Gasteiger partial charge on any atom is 0.287 e. The Morgan fingerprint density at radius 1 is 1.18 bits per heavy atom. The molecule has 0 radical (unpaired) electrons. The zero-order valence-corrected chi connectivity index (χ0v) is 17.1. The molecule has 1 unspecified atom stereocenters. The van der Waals surface area contributed by atoms with E-state index in [1.54, 1.807) is 0 Å². The Hall–Kier alpha value is -2.40. The molecule has 5 nitrogen and oxygen atoms in total. The lowest BCUT2D eigenvalue weighted by Gasteiger charge is -2.30. The number of furan rings is 1. The van der Waals surface area contributed by atoms with Crippen molar-refractivity contribution in [2.75, 3.05) is 19.6 Å². The first-order chi connectivity index (χ1) is 13.5. The van der Waals surface area contributed by atoms with Crippen LogP contribution in [0.5, 0.6) is 0 Å². The molecule has 150 valence electrons. The summed E-state index contributed by atoms with van der Waals surface area (Å²) >= 11 is 0. The Bertz CT molecular complexity index is 822. The summed E-state index contributed by atoms with van der Waals surface area (Å²) in [6.07, 6.45) is 2.93. The van der Waals surface area contributed by atoms with Gasteiger partial charge in [0.15, 0.2) is 11.5 Å². The van der Waals surface area contributed by atoms with Gasteiger partial charge in [0.1, 0.15) is 5.76 Å². The summed E-state index contributed by atoms with van der Waals surface area (Å²) in [6.45, 7) is 8.47. The minimum atomic E-state index is -0.232. The molecular formula is C23H30N2O3. The smallest absolute Gasteiger partial charge is 0.287 e. The third-order valence-electron chi connectivity index (χ3n) is 5.65. The number of aryl methyl sites for hydroxylation is 1. The third-order valence-corrected chi connectivity index (χ3v) is 5.65. The molecule has 1 amide bonds. The van der Waals surface area contributed by atoms with E-state index < -0.39 is 0 Å². The van der Waals surface area contributed by atoms with Gasteiger partial charge in [0.05, 0.1) is 5.56 Å². The van der Waals surface area contributed by atoms with Gasteiger partial charge in [-0.15, -0.1) is 0 Å². The highest BCUT2D eigenvalue weighted by atomic mass is 16.4. The summed E-state index contributed by atoms with van der Waals surface area (Å²) in [7, 11) is 0. The van der Waals surface area contributed by atoms with E-state index in [9.17, 15) is 9.59 Å². The SMILES string of the molecule is CCN(CC)C(CNC(=O)c1oc2c(c1C)C(=O)CCC2)Cc1ccccc1. The summed E-state index contributed by atoms with van der Waals surface area (Å²) < 4.78 is 5.79. The molecule has 0 saturated carbocycles. The second-order valence-electron chi connectivity index (χ2n) is 7.41. The van der Waals surface area contributed by atoms with E-state index in [2.05, 4.69) is 36.2 Å². The van der Waals surface area contributed by atoms with Crippen LogP contribution in [0.1, 0.15) is 64.5 Å². The average molecular weight is 383 g/mol. The fourth-order valence-corrected chi connectivity index (χ4v) is 4.11. The predicted octanol–water partition coefficient (Wildman–Crippen LogP) is 3.79. The molecule has 1 atom stereocenters. The van der Waals surface area contributed by atoms with Crippen LogP contribution in [0.15, 0.2) is 34.7 Å². The topological polar surface area (TPSA) is 62.6 Å². The predicted molar refractivity (Wildman–Crippen MR) is 110 cm³/mol. The quantitative estimate of drug-likeness (QED) is 0.754. The molecule has 0 bridgehead atoms. The number of nitrogens with zero attached hydrogens (tertiary/aromatic N) is 1. The number of carbonyl (C=O) groups excluding carboxylic acids is 2. The first kappa shape index (κ1) is 20.3. The number of Topliss-reactive ketones (excluding diaryl/α,β-unsaturated/α-hetero) is 1. The summed E-state index contributed by atoms with van der Waals surface area (Å²) in [4.78, 5) is 27.3. The summed E-state index contributed by atoms with van der Waals surface area (Å²) in [5.74, 6) is 0.818. The van der Waals surface area contributed by atoms with Crippen LogP contribution in [0, 0.1) is 6.92 Å². The molecule has 1 aliphatic rings. The van der Waals surface area contributed by atoms with Crippen molar-refractivity contribution < 1.29 is 14.0 Å². The number of hydrogen-bond donors (Lipinski definition) is 1. The highest BCUT2D eigenvalue weighted by Crippen LogP contribution is 2.29. The fraction of sp³-hybridized carbons (Fsp3) is 0.478. The monoisotopic (exact) mass is 382 g/mol. The maximum absolute atomic E-state index is 12.8. The van der Waals surface area contributed by atoms with Gasteiger partial charge in [-0.1, -0.05) is 44.2 Å². The van der Waals surface area contributed by atoms with Crippen molar-refractivity contribution in [3.63, 3.8) is 0 Å². The zero-order chi connectivity index (χ0) is 20.1. The molecule has 0 saturated heterocycles. The van der Waals surface area contributed by atoms with Crippen molar-refractivity contribution in [1.29, 1.82) is 0 Å². The van der Waals surface area contributed by atoms with Gasteiger partial charge in [-0.2, -0.15) is 0 Å². The molecule has 1 heterocycles. The van der Waals surface area contributed by atoms with Crippen LogP contribution >= 0.6 is 0 Å². The van der Waals surface area contributed by atoms with Crippen molar-refractivity contribution >= 4 is 11.7 Å². The first-order valence-electron chi connectivity index (χ1n) is 10.3. The Balaban J connectivity index is 1.72. The lowest BCUT2D eigenvalue weighted by atomic mass is 9.94. The van der Waals surface area contributed by atoms with Crippen LogP contribution in [0.4, 0.5) is 0 Å². The van der Waals surface area contributed by atoms with Crippen molar-refractivity contribution in [2.24, 2.45) is 0 Å². The number of amides is 1. The largest absolute Gasteiger partial charge is 0.455 e. The normalized spacial score (nSPS) is 14.8. The van der Waals surface area contributed by atoms with Crippen molar-refractivity contribution in [3.8, 4) is 0 Å². The molecule has 0 spiro atoms. The molecule has 5 heteroatoms. The number of hydrogen-bond acceptors (Lipinski definition) is 4. The molecule has 28 heavy (non-hydrogen) atoms. The van der Waals surface area contributed by atoms with Crippen LogP contribution in [-0.4, -0.2) is 42.3 Å². The Labute approximate surface area is 167 Å². The molecular weight excluding hydrogens is 352 g/mol. The van der Waals surface area contributed by atoms with Crippen LogP contribution in [0.3, 0.4) is 0 Å². The van der Waals surface area contributed by atoms with Gasteiger partial charge in [0, 0.05) is 31.0 Å². The molecule has 1 aromatic carbocycles. The van der Waals surface area contributed by atoms with E-state index >= 15 is 0 Å². The lowest BCUT2D eigenvalue weighted by Crippen LogP contribution is -2.45. The minimum absolute atomic E-state index is 0.0895. The molecule has 1 aromatic heterocycles. The van der Waals surface area contributed by atoms with Gasteiger partial charge >= 0.3 is 0 Å². The highest BCUT2D eigenvalue weighted by Gasteiger charge is 2.29. The van der Waals surface area contributed by atoms with Gasteiger partial charge in [-0.3, -0.25) is 14.5 Å². The van der Waals surface area contributed by atoms with Crippen molar-refractivity contribution in [1.82, 2.24) is 10.2 Å². The van der Waals surface area contributed by atoms with Crippen molar-refractivity contribution in [2.45, 2.75) is 52.5 Å². The molecule has 0 aliphatic heterocycles. The Morgan fingerprint density at radius 3 is 2.54 bits per heavy atom. The van der Waals surface area contributed by atoms with Crippen LogP contribution in [0.2, 0.25) is 0 Å². The lowest BCUT2D eigenvalue weighted by molar-refractivity contribution is 0.0901. The summed E-state index contributed by atoms with van der Waals surface area (Å²) in [5, 5.41) is 3.05. The number of fused-ring (bicyclic) bond motifs is 1. The second-order valence-corrected chi connectivity index (χ2v) is 7.41. The van der Waals surface area contributed by atoms with Gasteiger partial charge in [0.2, 0.25) is 0 Å². The van der Waals surface area contributed by atoms with E-state index in [0.29, 0.717) is 35.6 Å². The first-order valence-corrected chi connectivity index (χ1v) is 10.3. The molecule has 3 rings (SSSR count). The molecule has 1 aliphatic carbocycles. The van der Waals surface area contributed by atoms with E-state index in [4.69, 9.17) is 4.42 Å². The molecule has 0 fully saturated rings. The van der Waals surface area contributed by atoms with Crippen LogP contribution < -0.4 is 5.32 Å². The summed E-state index contributed by atoms with van der Waals surface area (Å²) in [5.41, 5.74) is 2.56. The van der Waals surface area contributed by atoms with Gasteiger partial charge in [0.25, 0.3) is 5.91 Å². The van der Waals surface area contributed by atoms with Crippen molar-refractivity contribution in [3.05, 3.63) is 58.5 Å². The van der Waals surface area contributed by atoms with Gasteiger partial charge in [-0.25, -0.2) is 0 Å². The van der Waals surface area contributed by atoms with E-state index in [1.807, 2.05) is 25.1 Å². The third kappa shape index (κ3) is 4.36. The number of benzene rings is 1. The van der Waals surface area contributed by atoms with E-state index in [0.717, 1.165) is 32.4 Å². The number of rotatable bonds is 8. The molecule has 2 aromatic rings. The van der Waals surface area contributed by atoms with Gasteiger partial charge in [-0.05, 0) is 38.4 Å². The molecule has 1 N–H and O–H groups in total. The fourth-order valence-electron chi connectivity index (χ4n) is 4.11. The zero-order valence-electron chi connectivity index (χ0n) is 17.1. The second kappa shape index (κ2) is 9.20. The number of ketones is 1. The van der Waals surface area contributed by atoms with E-state index in [-0.39, 0.29) is 17.7 Å². The van der Waals surface area contributed by atoms with Gasteiger partial charge < -0.3 is 9.73 Å². The number of likely N-dealkylation sites (N-methyl/N-ethyl adjacent to an activating group) is 1. The number of carbonyl (C=O) groups is 2. The standard InChI is InChI=1S/C23H30N2O3/c1-4-25(5-2)18(14-17-10-7-6-8-11-17)15-24-23(27)22-16(3)21-19(26)12-9-13-20(21)28-22/h6-8,10-11,18H,4-5,9,12-15H2,1-3H3,(H,24,27). The Kier molecular flexibility index (Phi) is 6.68. The average Bonchev–Trinajstić information content (AvgIpc) is 3.05. The van der Waals surface area contributed by atoms with Crippen LogP contribution in [0.25, 0.3) is 0 Å². The van der Waals surface area contributed by atoms with E-state index in [1.165, 1.54) is 5.56 Å². The van der Waals surface area contributed by atoms with Crippen LogP contribution in [-0.2, 0) is 12.8 Å². The Morgan fingerprint density at radius 2 is 1.89 bits per heavy atom. The number of nitrogens with one attached hydrogen (secondary N) is 1. The highest BCUT2D eigenvalue weighted by molar-refractivity contribution is 6.03. The minimum Gasteiger partial charge on any atom is -0.455 e.